The summed E-state index contributed by atoms with van der Waals surface area (Å²) in [6.45, 7) is 3.57. The van der Waals surface area contributed by atoms with Gasteiger partial charge in [-0.2, -0.15) is 4.31 Å². The van der Waals surface area contributed by atoms with Gasteiger partial charge >= 0.3 is 0 Å². The van der Waals surface area contributed by atoms with Crippen LogP contribution in [-0.2, 0) is 21.2 Å². The summed E-state index contributed by atoms with van der Waals surface area (Å²) in [6, 6.07) is 12.2. The fourth-order valence-corrected chi connectivity index (χ4v) is 5.29. The molecule has 0 aliphatic carbocycles. The molecule has 1 aliphatic rings. The first kappa shape index (κ1) is 24.1. The van der Waals surface area contributed by atoms with Gasteiger partial charge in [-0.05, 0) is 37.7 Å². The minimum absolute atomic E-state index is 0.0185. The number of nitro groups is 1. The molecule has 9 nitrogen and oxygen atoms in total. The Balaban J connectivity index is 1.91. The van der Waals surface area contributed by atoms with E-state index in [1.807, 2.05) is 14.1 Å². The minimum Gasteiger partial charge on any atom is -0.382 e. The van der Waals surface area contributed by atoms with Crippen molar-refractivity contribution < 1.29 is 18.1 Å². The second-order valence-electron chi connectivity index (χ2n) is 7.91. The number of hydrogen-bond donors (Lipinski definition) is 1. The number of anilines is 1. The lowest BCUT2D eigenvalue weighted by atomic mass is 10.0. The third kappa shape index (κ3) is 5.44. The maximum atomic E-state index is 13.3. The van der Waals surface area contributed by atoms with Gasteiger partial charge in [-0.25, -0.2) is 8.42 Å². The summed E-state index contributed by atoms with van der Waals surface area (Å²) >= 11 is 0. The van der Waals surface area contributed by atoms with Crippen molar-refractivity contribution in [2.75, 3.05) is 52.3 Å². The van der Waals surface area contributed by atoms with Gasteiger partial charge in [-0.15, -0.1) is 0 Å². The molecule has 3 rings (SSSR count). The number of non-ortho nitro benzene ring substituents is 1. The lowest BCUT2D eigenvalue weighted by molar-refractivity contribution is -0.385. The van der Waals surface area contributed by atoms with Gasteiger partial charge < -0.3 is 15.0 Å². The number of nitrogens with one attached hydrogen (secondary N) is 1. The molecule has 0 amide bonds. The first-order valence-electron chi connectivity index (χ1n) is 10.6. The molecular weight excluding hydrogens is 432 g/mol. The molecule has 0 radical (unpaired) electrons. The van der Waals surface area contributed by atoms with Crippen LogP contribution in [0.3, 0.4) is 0 Å². The van der Waals surface area contributed by atoms with Gasteiger partial charge in [0, 0.05) is 31.8 Å². The average Bonchev–Trinajstić information content (AvgIpc) is 2.80. The summed E-state index contributed by atoms with van der Waals surface area (Å²) in [5.41, 5.74) is 2.42. The monoisotopic (exact) mass is 462 g/mol. The van der Waals surface area contributed by atoms with Crippen molar-refractivity contribution in [3.63, 3.8) is 0 Å². The third-order valence-corrected chi connectivity index (χ3v) is 7.58. The molecule has 1 atom stereocenters. The molecular formula is C22H30N4O5S. The Bertz CT molecular complexity index is 1030. The van der Waals surface area contributed by atoms with E-state index in [0.717, 1.165) is 18.1 Å². The van der Waals surface area contributed by atoms with E-state index < -0.39 is 14.9 Å². The molecule has 1 saturated heterocycles. The second kappa shape index (κ2) is 10.4. The first-order valence-corrected chi connectivity index (χ1v) is 12.0. The topological polar surface area (TPSA) is 105 Å². The molecule has 174 valence electrons. The molecule has 1 aliphatic heterocycles. The Kier molecular flexibility index (Phi) is 7.83. The van der Waals surface area contributed by atoms with Crippen molar-refractivity contribution in [3.8, 4) is 0 Å². The standard InChI is InChI=1S/C22H30N4O5S/c1-4-17-5-7-18(8-6-17)21(24(2)3)16-23-20-10-9-19(26(27)28)15-22(20)32(29,30)25-11-13-31-14-12-25/h5-10,15,21,23H,4,11-14,16H2,1-3H3. The summed E-state index contributed by atoms with van der Waals surface area (Å²) in [7, 11) is 0.00153. The van der Waals surface area contributed by atoms with Crippen LogP contribution in [0.1, 0.15) is 24.1 Å². The van der Waals surface area contributed by atoms with Crippen LogP contribution in [0.2, 0.25) is 0 Å². The number of morpholine rings is 1. The van der Waals surface area contributed by atoms with E-state index in [2.05, 4.69) is 41.4 Å². The smallest absolute Gasteiger partial charge is 0.270 e. The molecule has 0 spiro atoms. The fraction of sp³-hybridized carbons (Fsp3) is 0.455. The molecule has 1 unspecified atom stereocenters. The summed E-state index contributed by atoms with van der Waals surface area (Å²) in [5.74, 6) is 0. The molecule has 0 saturated carbocycles. The van der Waals surface area contributed by atoms with Crippen molar-refractivity contribution in [2.45, 2.75) is 24.3 Å². The van der Waals surface area contributed by atoms with Gasteiger partial charge in [0.05, 0.1) is 29.9 Å². The quantitative estimate of drug-likeness (QED) is 0.451. The number of rotatable bonds is 9. The Hall–Kier alpha value is -2.53. The van der Waals surface area contributed by atoms with Crippen LogP contribution in [0.4, 0.5) is 11.4 Å². The normalized spacial score (nSPS) is 16.1. The van der Waals surface area contributed by atoms with E-state index in [1.54, 1.807) is 0 Å². The number of aryl methyl sites for hydroxylation is 1. The van der Waals surface area contributed by atoms with Gasteiger partial charge in [-0.3, -0.25) is 10.1 Å². The number of hydrogen-bond acceptors (Lipinski definition) is 7. The molecule has 2 aromatic carbocycles. The van der Waals surface area contributed by atoms with E-state index >= 15 is 0 Å². The van der Waals surface area contributed by atoms with Crippen molar-refractivity contribution >= 4 is 21.4 Å². The van der Waals surface area contributed by atoms with E-state index in [0.29, 0.717) is 25.4 Å². The summed E-state index contributed by atoms with van der Waals surface area (Å²) < 4.78 is 33.2. The fourth-order valence-electron chi connectivity index (χ4n) is 3.69. The zero-order valence-corrected chi connectivity index (χ0v) is 19.5. The predicted octanol–water partition coefficient (Wildman–Crippen LogP) is 2.89. The molecule has 1 N–H and O–H groups in total. The van der Waals surface area contributed by atoms with Crippen molar-refractivity contribution in [1.29, 1.82) is 0 Å². The van der Waals surface area contributed by atoms with Gasteiger partial charge in [0.1, 0.15) is 4.90 Å². The molecule has 0 aromatic heterocycles. The number of nitrogens with zero attached hydrogens (tertiary/aromatic N) is 3. The SMILES string of the molecule is CCc1ccc(C(CNc2ccc([N+](=O)[O-])cc2S(=O)(=O)N2CCOCC2)N(C)C)cc1. The molecule has 0 bridgehead atoms. The van der Waals surface area contributed by atoms with Crippen LogP contribution in [0.5, 0.6) is 0 Å². The van der Waals surface area contributed by atoms with Crippen LogP contribution in [0, 0.1) is 10.1 Å². The summed E-state index contributed by atoms with van der Waals surface area (Å²) in [5, 5.41) is 14.5. The third-order valence-electron chi connectivity index (χ3n) is 5.65. The van der Waals surface area contributed by atoms with Crippen LogP contribution in [0.15, 0.2) is 47.4 Å². The van der Waals surface area contributed by atoms with E-state index in [-0.39, 0.29) is 29.7 Å². The van der Waals surface area contributed by atoms with Crippen molar-refractivity contribution in [2.24, 2.45) is 0 Å². The number of ether oxygens (including phenoxy) is 1. The van der Waals surface area contributed by atoms with Gasteiger partial charge in [-0.1, -0.05) is 31.2 Å². The first-order chi connectivity index (χ1) is 15.2. The second-order valence-corrected chi connectivity index (χ2v) is 9.82. The van der Waals surface area contributed by atoms with E-state index in [1.165, 1.54) is 22.0 Å². The molecule has 2 aromatic rings. The number of benzene rings is 2. The maximum Gasteiger partial charge on any atom is 0.270 e. The Morgan fingerprint density at radius 1 is 1.16 bits per heavy atom. The van der Waals surface area contributed by atoms with E-state index in [4.69, 9.17) is 4.74 Å². The van der Waals surface area contributed by atoms with Crippen LogP contribution >= 0.6 is 0 Å². The zero-order valence-electron chi connectivity index (χ0n) is 18.7. The van der Waals surface area contributed by atoms with Gasteiger partial charge in [0.25, 0.3) is 5.69 Å². The maximum absolute atomic E-state index is 13.3. The number of nitro benzene ring substituents is 1. The van der Waals surface area contributed by atoms with Crippen molar-refractivity contribution in [1.82, 2.24) is 9.21 Å². The average molecular weight is 463 g/mol. The Morgan fingerprint density at radius 3 is 2.38 bits per heavy atom. The van der Waals surface area contributed by atoms with Crippen LogP contribution in [-0.4, -0.2) is 69.5 Å². The van der Waals surface area contributed by atoms with Crippen LogP contribution in [0.25, 0.3) is 0 Å². The lowest BCUT2D eigenvalue weighted by Gasteiger charge is -2.28. The molecule has 10 heteroatoms. The van der Waals surface area contributed by atoms with Crippen LogP contribution < -0.4 is 5.32 Å². The van der Waals surface area contributed by atoms with Crippen molar-refractivity contribution in [3.05, 3.63) is 63.7 Å². The Labute approximate surface area is 189 Å². The van der Waals surface area contributed by atoms with Gasteiger partial charge in [0.15, 0.2) is 0 Å². The number of likely N-dealkylation sites (N-methyl/N-ethyl adjacent to an activating group) is 1. The molecule has 1 fully saturated rings. The Morgan fingerprint density at radius 2 is 1.81 bits per heavy atom. The highest BCUT2D eigenvalue weighted by atomic mass is 32.2. The highest BCUT2D eigenvalue weighted by molar-refractivity contribution is 7.89. The lowest BCUT2D eigenvalue weighted by Crippen LogP contribution is -2.41. The van der Waals surface area contributed by atoms with E-state index in [9.17, 15) is 18.5 Å². The molecule has 1 heterocycles. The van der Waals surface area contributed by atoms with Gasteiger partial charge in [0.2, 0.25) is 10.0 Å². The highest BCUT2D eigenvalue weighted by Gasteiger charge is 2.30. The summed E-state index contributed by atoms with van der Waals surface area (Å²) in [6.07, 6.45) is 0.955. The number of sulfonamides is 1. The largest absolute Gasteiger partial charge is 0.382 e. The molecule has 32 heavy (non-hydrogen) atoms. The zero-order chi connectivity index (χ0) is 23.3. The predicted molar refractivity (Wildman–Crippen MR) is 123 cm³/mol. The minimum atomic E-state index is -3.92. The summed E-state index contributed by atoms with van der Waals surface area (Å²) in [4.78, 5) is 12.7. The highest BCUT2D eigenvalue weighted by Crippen LogP contribution is 2.30.